The molecule has 2 N–H and O–H groups in total. The third-order valence-electron chi connectivity index (χ3n) is 2.16. The van der Waals surface area contributed by atoms with Gasteiger partial charge in [0.2, 0.25) is 0 Å². The molecule has 0 bridgehead atoms. The number of nitrogens with zero attached hydrogens (tertiary/aromatic N) is 3. The molecule has 0 unspecified atom stereocenters. The van der Waals surface area contributed by atoms with E-state index in [1.54, 1.807) is 0 Å². The molecule has 1 heterocycles. The fraction of sp³-hybridized carbons (Fsp3) is 0.200. The third-order valence-corrected chi connectivity index (χ3v) is 2.85. The highest BCUT2D eigenvalue weighted by molar-refractivity contribution is 9.10. The van der Waals surface area contributed by atoms with Crippen LogP contribution in [0.1, 0.15) is 21.7 Å². The predicted molar refractivity (Wildman–Crippen MR) is 64.2 cm³/mol. The summed E-state index contributed by atoms with van der Waals surface area (Å²) in [6, 6.07) is 5.59. The summed E-state index contributed by atoms with van der Waals surface area (Å²) in [5, 5.41) is 15.9. The van der Waals surface area contributed by atoms with Crippen molar-refractivity contribution in [3.63, 3.8) is 0 Å². The number of hydrogen-bond acceptors (Lipinski definition) is 4. The van der Waals surface area contributed by atoms with Crippen molar-refractivity contribution in [3.8, 4) is 0 Å². The molecule has 0 saturated heterocycles. The van der Waals surface area contributed by atoms with E-state index in [1.807, 2.05) is 25.1 Å². The first-order valence-corrected chi connectivity index (χ1v) is 5.73. The van der Waals surface area contributed by atoms with Gasteiger partial charge in [0.25, 0.3) is 5.91 Å². The Balaban J connectivity index is 2.07. The average Bonchev–Trinajstić information content (AvgIpc) is 2.82. The molecule has 0 atom stereocenters. The Labute approximate surface area is 106 Å². The molecular weight excluding hydrogens is 286 g/mol. The maximum Gasteiger partial charge on any atom is 0.252 e. The van der Waals surface area contributed by atoms with E-state index in [1.165, 1.54) is 0 Å². The van der Waals surface area contributed by atoms with Gasteiger partial charge in [-0.05, 0) is 35.0 Å². The quantitative estimate of drug-likeness (QED) is 0.891. The number of aromatic nitrogens is 4. The fourth-order valence-corrected chi connectivity index (χ4v) is 1.75. The van der Waals surface area contributed by atoms with E-state index in [0.29, 0.717) is 11.4 Å². The number of H-pyrrole nitrogens is 1. The normalized spacial score (nSPS) is 10.2. The van der Waals surface area contributed by atoms with Crippen LogP contribution in [0, 0.1) is 6.92 Å². The minimum atomic E-state index is -0.176. The van der Waals surface area contributed by atoms with Gasteiger partial charge < -0.3 is 5.32 Å². The molecular formula is C10H10BrN5O. The Morgan fingerprint density at radius 2 is 2.35 bits per heavy atom. The summed E-state index contributed by atoms with van der Waals surface area (Å²) in [5.41, 5.74) is 1.62. The van der Waals surface area contributed by atoms with Crippen LogP contribution in [0.15, 0.2) is 22.7 Å². The van der Waals surface area contributed by atoms with E-state index in [9.17, 15) is 4.79 Å². The Morgan fingerprint density at radius 1 is 1.53 bits per heavy atom. The molecule has 0 fully saturated rings. The standard InChI is InChI=1S/C10H10BrN5O/c1-6-2-3-8(11)7(4-6)10(17)12-5-9-13-15-16-14-9/h2-4H,5H2,1H3,(H,12,17)(H,13,14,15,16). The molecule has 2 rings (SSSR count). The van der Waals surface area contributed by atoms with Gasteiger partial charge in [-0.25, -0.2) is 0 Å². The molecule has 1 aromatic heterocycles. The topological polar surface area (TPSA) is 83.6 Å². The second-order valence-corrected chi connectivity index (χ2v) is 4.35. The number of tetrazole rings is 1. The zero-order chi connectivity index (χ0) is 12.3. The summed E-state index contributed by atoms with van der Waals surface area (Å²) in [5.74, 6) is 0.271. The number of benzene rings is 1. The maximum atomic E-state index is 11.9. The van der Waals surface area contributed by atoms with Gasteiger partial charge >= 0.3 is 0 Å². The molecule has 1 aromatic carbocycles. The molecule has 0 saturated carbocycles. The number of hydrogen-bond donors (Lipinski definition) is 2. The predicted octanol–water partition coefficient (Wildman–Crippen LogP) is 1.20. The highest BCUT2D eigenvalue weighted by atomic mass is 79.9. The highest BCUT2D eigenvalue weighted by Gasteiger charge is 2.10. The monoisotopic (exact) mass is 295 g/mol. The molecule has 0 spiro atoms. The maximum absolute atomic E-state index is 11.9. The van der Waals surface area contributed by atoms with Crippen LogP contribution in [0.3, 0.4) is 0 Å². The molecule has 7 heteroatoms. The number of rotatable bonds is 3. The van der Waals surface area contributed by atoms with Gasteiger partial charge in [-0.2, -0.15) is 5.21 Å². The number of nitrogens with one attached hydrogen (secondary N) is 2. The zero-order valence-electron chi connectivity index (χ0n) is 9.07. The van der Waals surface area contributed by atoms with E-state index < -0.39 is 0 Å². The summed E-state index contributed by atoms with van der Waals surface area (Å²) >= 11 is 3.34. The first kappa shape index (κ1) is 11.7. The van der Waals surface area contributed by atoms with E-state index in [4.69, 9.17) is 0 Å². The van der Waals surface area contributed by atoms with Gasteiger partial charge in [-0.15, -0.1) is 10.2 Å². The number of amides is 1. The Hall–Kier alpha value is -1.76. The lowest BCUT2D eigenvalue weighted by atomic mass is 10.1. The Morgan fingerprint density at radius 3 is 3.06 bits per heavy atom. The van der Waals surface area contributed by atoms with Gasteiger partial charge in [0.15, 0.2) is 5.82 Å². The third kappa shape index (κ3) is 2.88. The van der Waals surface area contributed by atoms with Gasteiger partial charge in [-0.3, -0.25) is 4.79 Å². The number of carbonyl (C=O) groups is 1. The summed E-state index contributed by atoms with van der Waals surface area (Å²) in [4.78, 5) is 11.9. The van der Waals surface area contributed by atoms with E-state index in [2.05, 4.69) is 41.9 Å². The lowest BCUT2D eigenvalue weighted by molar-refractivity contribution is 0.0949. The smallest absolute Gasteiger partial charge is 0.252 e. The SMILES string of the molecule is Cc1ccc(Br)c(C(=O)NCc2nn[nH]n2)c1. The molecule has 17 heavy (non-hydrogen) atoms. The van der Waals surface area contributed by atoms with Crippen molar-refractivity contribution in [2.75, 3.05) is 0 Å². The molecule has 88 valence electrons. The van der Waals surface area contributed by atoms with Crippen molar-refractivity contribution in [1.29, 1.82) is 0 Å². The Bertz CT molecular complexity index is 525. The van der Waals surface area contributed by atoms with E-state index in [0.717, 1.165) is 10.0 Å². The minimum absolute atomic E-state index is 0.176. The highest BCUT2D eigenvalue weighted by Crippen LogP contribution is 2.17. The summed E-state index contributed by atoms with van der Waals surface area (Å²) in [6.07, 6.45) is 0. The van der Waals surface area contributed by atoms with E-state index >= 15 is 0 Å². The number of carbonyl (C=O) groups excluding carboxylic acids is 1. The molecule has 1 amide bonds. The lowest BCUT2D eigenvalue weighted by Crippen LogP contribution is -2.23. The van der Waals surface area contributed by atoms with Crippen molar-refractivity contribution < 1.29 is 4.79 Å². The van der Waals surface area contributed by atoms with Crippen LogP contribution in [0.5, 0.6) is 0 Å². The largest absolute Gasteiger partial charge is 0.345 e. The van der Waals surface area contributed by atoms with Crippen molar-refractivity contribution in [3.05, 3.63) is 39.6 Å². The number of halogens is 1. The molecule has 0 aliphatic rings. The van der Waals surface area contributed by atoms with Crippen LogP contribution in [-0.4, -0.2) is 26.5 Å². The van der Waals surface area contributed by atoms with Gasteiger partial charge in [0.05, 0.1) is 12.1 Å². The first-order chi connectivity index (χ1) is 8.16. The van der Waals surface area contributed by atoms with Gasteiger partial charge in [0, 0.05) is 4.47 Å². The summed E-state index contributed by atoms with van der Waals surface area (Å²) in [6.45, 7) is 2.18. The number of aryl methyl sites for hydroxylation is 1. The average molecular weight is 296 g/mol. The minimum Gasteiger partial charge on any atom is -0.345 e. The van der Waals surface area contributed by atoms with Gasteiger partial charge in [0.1, 0.15) is 0 Å². The second kappa shape index (κ2) is 5.05. The van der Waals surface area contributed by atoms with Crippen molar-refractivity contribution in [2.24, 2.45) is 0 Å². The summed E-state index contributed by atoms with van der Waals surface area (Å²) in [7, 11) is 0. The second-order valence-electron chi connectivity index (χ2n) is 3.49. The number of aromatic amines is 1. The van der Waals surface area contributed by atoms with Crippen molar-refractivity contribution >= 4 is 21.8 Å². The zero-order valence-corrected chi connectivity index (χ0v) is 10.7. The fourth-order valence-electron chi connectivity index (χ4n) is 1.33. The van der Waals surface area contributed by atoms with Crippen molar-refractivity contribution in [2.45, 2.75) is 13.5 Å². The molecule has 0 radical (unpaired) electrons. The van der Waals surface area contributed by atoms with Crippen LogP contribution in [0.25, 0.3) is 0 Å². The summed E-state index contributed by atoms with van der Waals surface area (Å²) < 4.78 is 0.758. The lowest BCUT2D eigenvalue weighted by Gasteiger charge is -2.05. The molecule has 0 aliphatic heterocycles. The molecule has 2 aromatic rings. The van der Waals surface area contributed by atoms with Crippen LogP contribution >= 0.6 is 15.9 Å². The Kier molecular flexibility index (Phi) is 3.48. The van der Waals surface area contributed by atoms with Crippen molar-refractivity contribution in [1.82, 2.24) is 25.9 Å². The molecule has 6 nitrogen and oxygen atoms in total. The van der Waals surface area contributed by atoms with Crippen LogP contribution in [-0.2, 0) is 6.54 Å². The van der Waals surface area contributed by atoms with Gasteiger partial charge in [-0.1, -0.05) is 16.8 Å². The van der Waals surface area contributed by atoms with Crippen LogP contribution in [0.4, 0.5) is 0 Å². The van der Waals surface area contributed by atoms with Crippen LogP contribution in [0.2, 0.25) is 0 Å². The first-order valence-electron chi connectivity index (χ1n) is 4.93. The van der Waals surface area contributed by atoms with Crippen LogP contribution < -0.4 is 5.32 Å². The molecule has 0 aliphatic carbocycles. The van der Waals surface area contributed by atoms with E-state index in [-0.39, 0.29) is 12.5 Å².